The number of benzene rings is 1. The minimum Gasteiger partial charge on any atom is -0.465 e. The Kier molecular flexibility index (Phi) is 4.12. The van der Waals surface area contributed by atoms with Crippen LogP contribution in [0.4, 0.5) is 0 Å². The predicted molar refractivity (Wildman–Crippen MR) is 83.5 cm³/mol. The quantitative estimate of drug-likeness (QED) is 0.682. The molecule has 2 heterocycles. The van der Waals surface area contributed by atoms with Crippen LogP contribution in [0.15, 0.2) is 34.2 Å². The van der Waals surface area contributed by atoms with E-state index >= 15 is 0 Å². The van der Waals surface area contributed by atoms with Crippen molar-refractivity contribution < 1.29 is 23.5 Å². The second-order valence-electron chi connectivity index (χ2n) is 4.79. The molecule has 118 valence electrons. The maximum absolute atomic E-state index is 12.1. The first-order valence-electron chi connectivity index (χ1n) is 6.76. The molecular formula is C16H13NO5S. The molecule has 0 saturated carbocycles. The maximum atomic E-state index is 12.1. The van der Waals surface area contributed by atoms with Crippen molar-refractivity contribution in [2.45, 2.75) is 13.5 Å². The molecule has 0 unspecified atom stereocenters. The van der Waals surface area contributed by atoms with Crippen LogP contribution in [0.25, 0.3) is 10.2 Å². The smallest absolute Gasteiger partial charge is 0.341 e. The largest absolute Gasteiger partial charge is 0.465 e. The highest BCUT2D eigenvalue weighted by atomic mass is 32.1. The lowest BCUT2D eigenvalue weighted by atomic mass is 10.2. The molecule has 23 heavy (non-hydrogen) atoms. The summed E-state index contributed by atoms with van der Waals surface area (Å²) in [7, 11) is 1.30. The molecule has 1 aromatic carbocycles. The van der Waals surface area contributed by atoms with Crippen molar-refractivity contribution in [2.75, 3.05) is 7.11 Å². The van der Waals surface area contributed by atoms with Gasteiger partial charge in [0.1, 0.15) is 23.7 Å². The van der Waals surface area contributed by atoms with Crippen LogP contribution in [0.1, 0.15) is 32.2 Å². The van der Waals surface area contributed by atoms with Crippen LogP contribution in [-0.4, -0.2) is 24.0 Å². The van der Waals surface area contributed by atoms with Crippen molar-refractivity contribution in [3.63, 3.8) is 0 Å². The third kappa shape index (κ3) is 3.09. The van der Waals surface area contributed by atoms with Crippen molar-refractivity contribution in [1.29, 1.82) is 0 Å². The fourth-order valence-electron chi connectivity index (χ4n) is 2.13. The summed E-state index contributed by atoms with van der Waals surface area (Å²) in [5, 5.41) is 0. The number of nitrogens with zero attached hydrogens (tertiary/aromatic N) is 1. The summed E-state index contributed by atoms with van der Waals surface area (Å²) in [5.41, 5.74) is 3.33. The van der Waals surface area contributed by atoms with Crippen LogP contribution in [-0.2, 0) is 16.1 Å². The Balaban J connectivity index is 1.70. The second-order valence-corrected chi connectivity index (χ2v) is 5.67. The molecule has 0 aliphatic carbocycles. The van der Waals surface area contributed by atoms with Gasteiger partial charge in [-0.1, -0.05) is 0 Å². The molecule has 7 heteroatoms. The molecule has 6 nitrogen and oxygen atoms in total. The number of thiazole rings is 1. The van der Waals surface area contributed by atoms with E-state index in [1.54, 1.807) is 30.6 Å². The fraction of sp³-hybridized carbons (Fsp3) is 0.188. The number of hydrogen-bond donors (Lipinski definition) is 0. The molecular weight excluding hydrogens is 318 g/mol. The van der Waals surface area contributed by atoms with Crippen molar-refractivity contribution >= 4 is 33.5 Å². The predicted octanol–water partition coefficient (Wildman–Crippen LogP) is 3.34. The van der Waals surface area contributed by atoms with E-state index in [-0.39, 0.29) is 6.61 Å². The maximum Gasteiger partial charge on any atom is 0.341 e. The molecule has 0 saturated heterocycles. The monoisotopic (exact) mass is 331 g/mol. The molecule has 0 aliphatic rings. The third-order valence-electron chi connectivity index (χ3n) is 3.29. The number of hydrogen-bond acceptors (Lipinski definition) is 7. The number of methoxy groups -OCH3 is 1. The average Bonchev–Trinajstić information content (AvgIpc) is 3.17. The first-order chi connectivity index (χ1) is 11.1. The lowest BCUT2D eigenvalue weighted by molar-refractivity contribution is 0.0444. The molecule has 0 atom stereocenters. The highest BCUT2D eigenvalue weighted by molar-refractivity contribution is 7.16. The van der Waals surface area contributed by atoms with Gasteiger partial charge in [-0.25, -0.2) is 14.6 Å². The average molecular weight is 331 g/mol. The van der Waals surface area contributed by atoms with E-state index in [1.165, 1.54) is 24.5 Å². The fourth-order valence-corrected chi connectivity index (χ4v) is 2.85. The van der Waals surface area contributed by atoms with Crippen LogP contribution in [0, 0.1) is 6.92 Å². The summed E-state index contributed by atoms with van der Waals surface area (Å²) >= 11 is 1.46. The van der Waals surface area contributed by atoms with E-state index in [0.717, 1.165) is 10.2 Å². The van der Waals surface area contributed by atoms with Gasteiger partial charge in [0.05, 0.1) is 28.4 Å². The number of ether oxygens (including phenoxy) is 2. The molecule has 3 aromatic rings. The Labute approximate surface area is 135 Å². The number of esters is 2. The lowest BCUT2D eigenvalue weighted by Crippen LogP contribution is -2.04. The van der Waals surface area contributed by atoms with Crippen LogP contribution in [0.5, 0.6) is 0 Å². The van der Waals surface area contributed by atoms with Crippen LogP contribution in [0.3, 0.4) is 0 Å². The van der Waals surface area contributed by atoms with E-state index in [4.69, 9.17) is 9.15 Å². The highest BCUT2D eigenvalue weighted by Gasteiger charge is 2.17. The second kappa shape index (κ2) is 6.21. The van der Waals surface area contributed by atoms with Gasteiger partial charge in [0.15, 0.2) is 0 Å². The Bertz CT molecular complexity index is 880. The Morgan fingerprint density at radius 2 is 2.09 bits per heavy atom. The van der Waals surface area contributed by atoms with Gasteiger partial charge < -0.3 is 13.9 Å². The zero-order chi connectivity index (χ0) is 16.4. The highest BCUT2D eigenvalue weighted by Crippen LogP contribution is 2.20. The zero-order valence-corrected chi connectivity index (χ0v) is 13.3. The molecule has 0 fully saturated rings. The molecule has 2 aromatic heterocycles. The van der Waals surface area contributed by atoms with Gasteiger partial charge in [0.2, 0.25) is 0 Å². The molecule has 0 amide bonds. The van der Waals surface area contributed by atoms with Gasteiger partial charge in [-0.2, -0.15) is 0 Å². The standard InChI is InChI=1S/C16H13NO5S/c1-9-12(16(19)20-2)6-11(22-9)7-21-15(18)10-3-4-13-14(5-10)23-8-17-13/h3-6,8H,7H2,1-2H3. The Hall–Kier alpha value is -2.67. The minimum atomic E-state index is -0.487. The van der Waals surface area contributed by atoms with Gasteiger partial charge >= 0.3 is 11.9 Å². The number of carbonyl (C=O) groups is 2. The topological polar surface area (TPSA) is 78.6 Å². The number of carbonyl (C=O) groups excluding carboxylic acids is 2. The Morgan fingerprint density at radius 1 is 1.26 bits per heavy atom. The minimum absolute atomic E-state index is 0.0581. The van der Waals surface area contributed by atoms with Crippen molar-refractivity contribution in [1.82, 2.24) is 4.98 Å². The van der Waals surface area contributed by atoms with Crippen LogP contribution >= 0.6 is 11.3 Å². The van der Waals surface area contributed by atoms with Gasteiger partial charge in [-0.3, -0.25) is 0 Å². The number of rotatable bonds is 4. The van der Waals surface area contributed by atoms with Gasteiger partial charge in [0.25, 0.3) is 0 Å². The van der Waals surface area contributed by atoms with E-state index in [1.807, 2.05) is 0 Å². The molecule has 0 radical (unpaired) electrons. The van der Waals surface area contributed by atoms with Gasteiger partial charge in [0, 0.05) is 0 Å². The molecule has 0 aliphatic heterocycles. The normalized spacial score (nSPS) is 10.7. The summed E-state index contributed by atoms with van der Waals surface area (Å²) in [6, 6.07) is 6.69. The van der Waals surface area contributed by atoms with E-state index in [2.05, 4.69) is 9.72 Å². The summed E-state index contributed by atoms with van der Waals surface area (Å²) in [5.74, 6) is -0.141. The molecule has 0 N–H and O–H groups in total. The first kappa shape index (κ1) is 15.2. The summed E-state index contributed by atoms with van der Waals surface area (Å²) in [4.78, 5) is 27.8. The summed E-state index contributed by atoms with van der Waals surface area (Å²) in [6.07, 6.45) is 0. The van der Waals surface area contributed by atoms with Crippen LogP contribution < -0.4 is 0 Å². The molecule has 3 rings (SSSR count). The van der Waals surface area contributed by atoms with Crippen molar-refractivity contribution in [3.8, 4) is 0 Å². The van der Waals surface area contributed by atoms with Gasteiger partial charge in [-0.05, 0) is 31.2 Å². The van der Waals surface area contributed by atoms with Crippen LogP contribution in [0.2, 0.25) is 0 Å². The van der Waals surface area contributed by atoms with Crippen molar-refractivity contribution in [2.24, 2.45) is 0 Å². The zero-order valence-electron chi connectivity index (χ0n) is 12.5. The number of fused-ring (bicyclic) bond motifs is 1. The van der Waals surface area contributed by atoms with Gasteiger partial charge in [-0.15, -0.1) is 11.3 Å². The first-order valence-corrected chi connectivity index (χ1v) is 7.64. The lowest BCUT2D eigenvalue weighted by Gasteiger charge is -2.02. The summed E-state index contributed by atoms with van der Waals surface area (Å²) < 4.78 is 16.2. The SMILES string of the molecule is COC(=O)c1cc(COC(=O)c2ccc3ncsc3c2)oc1C. The Morgan fingerprint density at radius 3 is 2.87 bits per heavy atom. The number of aryl methyl sites for hydroxylation is 1. The molecule has 0 bridgehead atoms. The third-order valence-corrected chi connectivity index (χ3v) is 4.08. The molecule has 0 spiro atoms. The van der Waals surface area contributed by atoms with E-state index in [0.29, 0.717) is 22.6 Å². The van der Waals surface area contributed by atoms with Crippen molar-refractivity contribution in [3.05, 3.63) is 52.4 Å². The number of furan rings is 1. The van der Waals surface area contributed by atoms with E-state index in [9.17, 15) is 9.59 Å². The van der Waals surface area contributed by atoms with E-state index < -0.39 is 11.9 Å². The number of aromatic nitrogens is 1. The summed E-state index contributed by atoms with van der Waals surface area (Å²) in [6.45, 7) is 1.59.